The van der Waals surface area contributed by atoms with Gasteiger partial charge in [0.1, 0.15) is 5.75 Å². The summed E-state index contributed by atoms with van der Waals surface area (Å²) in [5.41, 5.74) is 7.49. The molecule has 3 atom stereocenters. The number of rotatable bonds is 4. The average molecular weight is 314 g/mol. The summed E-state index contributed by atoms with van der Waals surface area (Å²) in [6, 6.07) is 5.94. The number of hydrogen-bond acceptors (Lipinski definition) is 3. The number of benzene rings is 1. The van der Waals surface area contributed by atoms with E-state index >= 15 is 0 Å². The third-order valence-corrected chi connectivity index (χ3v) is 4.17. The first kappa shape index (κ1) is 13.8. The number of halogens is 1. The van der Waals surface area contributed by atoms with E-state index in [1.807, 2.05) is 12.1 Å². The predicted molar refractivity (Wildman–Crippen MR) is 75.8 cm³/mol. The van der Waals surface area contributed by atoms with Crippen LogP contribution < -0.4 is 10.5 Å². The molecule has 1 fully saturated rings. The zero-order valence-electron chi connectivity index (χ0n) is 10.9. The van der Waals surface area contributed by atoms with E-state index in [1.54, 1.807) is 7.11 Å². The Morgan fingerprint density at radius 2 is 2.33 bits per heavy atom. The first-order valence-electron chi connectivity index (χ1n) is 6.38. The third-order valence-electron chi connectivity index (χ3n) is 3.68. The lowest BCUT2D eigenvalue weighted by Crippen LogP contribution is -2.28. The second-order valence-electron chi connectivity index (χ2n) is 4.68. The Labute approximate surface area is 117 Å². The third kappa shape index (κ3) is 2.71. The van der Waals surface area contributed by atoms with Gasteiger partial charge in [-0.15, -0.1) is 0 Å². The van der Waals surface area contributed by atoms with Crippen LogP contribution in [-0.2, 0) is 4.74 Å². The number of methoxy groups -OCH3 is 1. The Morgan fingerprint density at radius 3 is 3.00 bits per heavy atom. The quantitative estimate of drug-likeness (QED) is 0.927. The van der Waals surface area contributed by atoms with E-state index in [0.29, 0.717) is 5.92 Å². The topological polar surface area (TPSA) is 44.5 Å². The Bertz CT molecular complexity index is 411. The van der Waals surface area contributed by atoms with Crippen molar-refractivity contribution in [3.8, 4) is 5.75 Å². The highest BCUT2D eigenvalue weighted by molar-refractivity contribution is 9.10. The molecule has 0 amide bonds. The van der Waals surface area contributed by atoms with E-state index < -0.39 is 0 Å². The molecule has 0 aromatic heterocycles. The molecule has 1 aromatic rings. The predicted octanol–water partition coefficient (Wildman–Crippen LogP) is 3.27. The normalized spacial score (nSPS) is 25.1. The minimum Gasteiger partial charge on any atom is -0.496 e. The van der Waals surface area contributed by atoms with Gasteiger partial charge >= 0.3 is 0 Å². The van der Waals surface area contributed by atoms with Crippen molar-refractivity contribution in [2.24, 2.45) is 11.7 Å². The molecule has 1 aromatic carbocycles. The van der Waals surface area contributed by atoms with Gasteiger partial charge in [-0.25, -0.2) is 0 Å². The summed E-state index contributed by atoms with van der Waals surface area (Å²) in [4.78, 5) is 0. The van der Waals surface area contributed by atoms with Gasteiger partial charge in [0.25, 0.3) is 0 Å². The minimum atomic E-state index is -0.0371. The Hall–Kier alpha value is -0.580. The van der Waals surface area contributed by atoms with E-state index in [0.717, 1.165) is 35.2 Å². The van der Waals surface area contributed by atoms with Crippen LogP contribution in [0.4, 0.5) is 0 Å². The van der Waals surface area contributed by atoms with Gasteiger partial charge in [-0.2, -0.15) is 0 Å². The smallest absolute Gasteiger partial charge is 0.123 e. The molecule has 3 nitrogen and oxygen atoms in total. The van der Waals surface area contributed by atoms with E-state index in [2.05, 4.69) is 28.9 Å². The molecular weight excluding hydrogens is 294 g/mol. The molecule has 1 saturated heterocycles. The summed E-state index contributed by atoms with van der Waals surface area (Å²) in [6.45, 7) is 2.96. The van der Waals surface area contributed by atoms with E-state index in [-0.39, 0.29) is 12.1 Å². The van der Waals surface area contributed by atoms with Crippen molar-refractivity contribution in [3.63, 3.8) is 0 Å². The summed E-state index contributed by atoms with van der Waals surface area (Å²) < 4.78 is 12.2. The number of nitrogens with two attached hydrogens (primary N) is 1. The maximum Gasteiger partial charge on any atom is 0.123 e. The largest absolute Gasteiger partial charge is 0.496 e. The van der Waals surface area contributed by atoms with Crippen LogP contribution in [0, 0.1) is 5.92 Å². The zero-order valence-corrected chi connectivity index (χ0v) is 12.4. The number of hydrogen-bond donors (Lipinski definition) is 1. The Morgan fingerprint density at radius 1 is 1.56 bits per heavy atom. The van der Waals surface area contributed by atoms with Crippen LogP contribution >= 0.6 is 15.9 Å². The first-order chi connectivity index (χ1) is 8.67. The number of ether oxygens (including phenoxy) is 2. The lowest BCUT2D eigenvalue weighted by molar-refractivity contribution is 0.0811. The molecule has 0 radical (unpaired) electrons. The SMILES string of the molecule is CCC1OCCC1C(N)c1cc(Br)ccc1OC. The summed E-state index contributed by atoms with van der Waals surface area (Å²) in [5, 5.41) is 0. The monoisotopic (exact) mass is 313 g/mol. The molecular formula is C14H20BrNO2. The van der Waals surface area contributed by atoms with Gasteiger partial charge in [0.2, 0.25) is 0 Å². The van der Waals surface area contributed by atoms with Crippen LogP contribution in [0.3, 0.4) is 0 Å². The first-order valence-corrected chi connectivity index (χ1v) is 7.17. The van der Waals surface area contributed by atoms with Crippen molar-refractivity contribution in [1.82, 2.24) is 0 Å². The standard InChI is InChI=1S/C14H20BrNO2/c1-3-12-10(6-7-18-12)14(16)11-8-9(15)4-5-13(11)17-2/h4-5,8,10,12,14H,3,6-7,16H2,1-2H3. The van der Waals surface area contributed by atoms with Crippen LogP contribution in [0.5, 0.6) is 5.75 Å². The highest BCUT2D eigenvalue weighted by Crippen LogP contribution is 2.37. The fraction of sp³-hybridized carbons (Fsp3) is 0.571. The van der Waals surface area contributed by atoms with Gasteiger partial charge in [-0.1, -0.05) is 22.9 Å². The molecule has 0 bridgehead atoms. The molecule has 100 valence electrons. The lowest BCUT2D eigenvalue weighted by atomic mass is 9.87. The van der Waals surface area contributed by atoms with Crippen LogP contribution in [0.2, 0.25) is 0 Å². The van der Waals surface area contributed by atoms with Gasteiger partial charge in [-0.3, -0.25) is 0 Å². The Kier molecular flexibility index (Phi) is 4.65. The summed E-state index contributed by atoms with van der Waals surface area (Å²) in [6.07, 6.45) is 2.30. The van der Waals surface area contributed by atoms with Gasteiger partial charge in [-0.05, 0) is 31.0 Å². The second kappa shape index (κ2) is 6.04. The van der Waals surface area contributed by atoms with E-state index in [4.69, 9.17) is 15.2 Å². The molecule has 0 saturated carbocycles. The molecule has 2 N–H and O–H groups in total. The summed E-state index contributed by atoms with van der Waals surface area (Å²) >= 11 is 3.49. The summed E-state index contributed by atoms with van der Waals surface area (Å²) in [5.74, 6) is 1.23. The molecule has 2 rings (SSSR count). The fourth-order valence-corrected chi connectivity index (χ4v) is 3.07. The van der Waals surface area contributed by atoms with Gasteiger partial charge < -0.3 is 15.2 Å². The molecule has 1 heterocycles. The van der Waals surface area contributed by atoms with E-state index in [1.165, 1.54) is 0 Å². The highest BCUT2D eigenvalue weighted by atomic mass is 79.9. The van der Waals surface area contributed by atoms with Crippen molar-refractivity contribution in [1.29, 1.82) is 0 Å². The lowest BCUT2D eigenvalue weighted by Gasteiger charge is -2.25. The van der Waals surface area contributed by atoms with Crippen LogP contribution in [0.15, 0.2) is 22.7 Å². The molecule has 18 heavy (non-hydrogen) atoms. The summed E-state index contributed by atoms with van der Waals surface area (Å²) in [7, 11) is 1.68. The van der Waals surface area contributed by atoms with Gasteiger partial charge in [0.05, 0.1) is 13.2 Å². The van der Waals surface area contributed by atoms with Crippen molar-refractivity contribution >= 4 is 15.9 Å². The average Bonchev–Trinajstić information content (AvgIpc) is 2.86. The van der Waals surface area contributed by atoms with Crippen LogP contribution in [-0.4, -0.2) is 19.8 Å². The van der Waals surface area contributed by atoms with E-state index in [9.17, 15) is 0 Å². The molecule has 1 aliphatic heterocycles. The maximum absolute atomic E-state index is 6.43. The van der Waals surface area contributed by atoms with Gasteiger partial charge in [0, 0.05) is 28.6 Å². The molecule has 3 unspecified atom stereocenters. The molecule has 4 heteroatoms. The van der Waals surface area contributed by atoms with Crippen molar-refractivity contribution in [2.75, 3.05) is 13.7 Å². The van der Waals surface area contributed by atoms with Crippen molar-refractivity contribution in [3.05, 3.63) is 28.2 Å². The van der Waals surface area contributed by atoms with Crippen LogP contribution in [0.1, 0.15) is 31.4 Å². The molecule has 0 aliphatic carbocycles. The maximum atomic E-state index is 6.43. The second-order valence-corrected chi connectivity index (χ2v) is 5.60. The van der Waals surface area contributed by atoms with Gasteiger partial charge in [0.15, 0.2) is 0 Å². The highest BCUT2D eigenvalue weighted by Gasteiger charge is 2.33. The van der Waals surface area contributed by atoms with Crippen molar-refractivity contribution < 1.29 is 9.47 Å². The Balaban J connectivity index is 2.27. The zero-order chi connectivity index (χ0) is 13.1. The van der Waals surface area contributed by atoms with Crippen LogP contribution in [0.25, 0.3) is 0 Å². The molecule has 0 spiro atoms. The minimum absolute atomic E-state index is 0.0371. The van der Waals surface area contributed by atoms with Crippen molar-refractivity contribution in [2.45, 2.75) is 31.9 Å². The fourth-order valence-electron chi connectivity index (χ4n) is 2.69. The molecule has 1 aliphatic rings.